The lowest BCUT2D eigenvalue weighted by Crippen LogP contribution is -1.73. The largest absolute Gasteiger partial charge is 0.287 e. The van der Waals surface area contributed by atoms with E-state index in [0.717, 1.165) is 6.42 Å². The van der Waals surface area contributed by atoms with Crippen LogP contribution in [0.3, 0.4) is 0 Å². The monoisotopic (exact) mass is 130 g/mol. The van der Waals surface area contributed by atoms with E-state index >= 15 is 0 Å². The molecule has 2 heteroatoms. The van der Waals surface area contributed by atoms with Gasteiger partial charge in [0.05, 0.1) is 0 Å². The van der Waals surface area contributed by atoms with Gasteiger partial charge in [-0.05, 0) is 11.8 Å². The van der Waals surface area contributed by atoms with Crippen LogP contribution in [-0.2, 0) is 4.79 Å². The van der Waals surface area contributed by atoms with Gasteiger partial charge in [-0.15, -0.1) is 0 Å². The molecular formula is C6H10OS. The molecule has 0 atom stereocenters. The van der Waals surface area contributed by atoms with Crippen molar-refractivity contribution in [1.82, 2.24) is 0 Å². The van der Waals surface area contributed by atoms with E-state index in [1.54, 1.807) is 6.92 Å². The normalized spacial score (nSPS) is 10.2. The molecule has 0 heterocycles. The van der Waals surface area contributed by atoms with Gasteiger partial charge >= 0.3 is 0 Å². The molecule has 0 spiro atoms. The quantitative estimate of drug-likeness (QED) is 0.570. The van der Waals surface area contributed by atoms with Crippen LogP contribution in [0.4, 0.5) is 0 Å². The highest BCUT2D eigenvalue weighted by atomic mass is 32.2. The van der Waals surface area contributed by atoms with E-state index in [9.17, 15) is 4.79 Å². The summed E-state index contributed by atoms with van der Waals surface area (Å²) in [5.41, 5.74) is 0. The number of allylic oxidation sites excluding steroid dienone is 1. The molecule has 0 N–H and O–H groups in total. The molecule has 0 bridgehead atoms. The van der Waals surface area contributed by atoms with Gasteiger partial charge in [-0.1, -0.05) is 24.8 Å². The lowest BCUT2D eigenvalue weighted by Gasteiger charge is -1.80. The summed E-state index contributed by atoms with van der Waals surface area (Å²) < 4.78 is 0. The van der Waals surface area contributed by atoms with E-state index in [1.807, 2.05) is 18.4 Å². The first-order chi connectivity index (χ1) is 3.77. The zero-order valence-corrected chi connectivity index (χ0v) is 5.99. The van der Waals surface area contributed by atoms with Gasteiger partial charge in [-0.25, -0.2) is 0 Å². The first-order valence-electron chi connectivity index (χ1n) is 2.59. The molecule has 0 aliphatic carbocycles. The summed E-state index contributed by atoms with van der Waals surface area (Å²) in [6.07, 6.45) is 2.96. The Kier molecular flexibility index (Phi) is 4.76. The molecule has 0 rings (SSSR count). The number of hydrogen-bond acceptors (Lipinski definition) is 2. The van der Waals surface area contributed by atoms with Crippen molar-refractivity contribution in [2.24, 2.45) is 0 Å². The highest BCUT2D eigenvalue weighted by molar-refractivity contribution is 8.16. The smallest absolute Gasteiger partial charge is 0.190 e. The third-order valence-corrected chi connectivity index (χ3v) is 1.23. The second-order valence-corrected chi connectivity index (χ2v) is 2.47. The van der Waals surface area contributed by atoms with Crippen LogP contribution < -0.4 is 0 Å². The van der Waals surface area contributed by atoms with Crippen molar-refractivity contribution in [1.29, 1.82) is 0 Å². The molecule has 0 aliphatic heterocycles. The predicted octanol–water partition coefficient (Wildman–Crippen LogP) is 2.19. The Balaban J connectivity index is 3.16. The van der Waals surface area contributed by atoms with Crippen LogP contribution in [0.15, 0.2) is 11.5 Å². The van der Waals surface area contributed by atoms with Gasteiger partial charge in [0.15, 0.2) is 5.12 Å². The third-order valence-electron chi connectivity index (χ3n) is 0.566. The summed E-state index contributed by atoms with van der Waals surface area (Å²) in [5.74, 6) is 0. The van der Waals surface area contributed by atoms with Gasteiger partial charge in [0.1, 0.15) is 0 Å². The zero-order chi connectivity index (χ0) is 6.41. The average molecular weight is 130 g/mol. The Bertz CT molecular complexity index is 96.7. The van der Waals surface area contributed by atoms with Gasteiger partial charge in [0.2, 0.25) is 0 Å². The summed E-state index contributed by atoms with van der Waals surface area (Å²) in [4.78, 5) is 10.2. The van der Waals surface area contributed by atoms with Crippen molar-refractivity contribution >= 4 is 16.9 Å². The minimum atomic E-state index is 0.148. The minimum absolute atomic E-state index is 0.148. The van der Waals surface area contributed by atoms with Crippen molar-refractivity contribution in [3.05, 3.63) is 11.5 Å². The van der Waals surface area contributed by atoms with Gasteiger partial charge < -0.3 is 0 Å². The standard InChI is InChI=1S/C6H10OS/c1-3-4-5-8-6(2)7/h4-5H,3H2,1-2H3. The van der Waals surface area contributed by atoms with Crippen molar-refractivity contribution in [3.63, 3.8) is 0 Å². The van der Waals surface area contributed by atoms with Gasteiger partial charge in [0.25, 0.3) is 0 Å². The highest BCUT2D eigenvalue weighted by Gasteiger charge is 1.83. The first-order valence-corrected chi connectivity index (χ1v) is 3.47. The summed E-state index contributed by atoms with van der Waals surface area (Å²) in [5, 5.41) is 1.97. The summed E-state index contributed by atoms with van der Waals surface area (Å²) in [7, 11) is 0. The molecule has 0 aromatic heterocycles. The second kappa shape index (κ2) is 4.91. The maximum atomic E-state index is 10.2. The van der Waals surface area contributed by atoms with E-state index in [1.165, 1.54) is 11.8 Å². The Morgan fingerprint density at radius 1 is 1.75 bits per heavy atom. The molecule has 1 nitrogen and oxygen atoms in total. The molecule has 46 valence electrons. The predicted molar refractivity (Wildman–Crippen MR) is 37.7 cm³/mol. The lowest BCUT2D eigenvalue weighted by molar-refractivity contribution is -0.109. The van der Waals surface area contributed by atoms with E-state index in [2.05, 4.69) is 0 Å². The fraction of sp³-hybridized carbons (Fsp3) is 0.500. The number of rotatable bonds is 2. The van der Waals surface area contributed by atoms with Crippen LogP contribution in [0.25, 0.3) is 0 Å². The van der Waals surface area contributed by atoms with Crippen LogP contribution in [0, 0.1) is 0 Å². The number of carbonyl (C=O) groups is 1. The number of thioether (sulfide) groups is 1. The van der Waals surface area contributed by atoms with Crippen molar-refractivity contribution in [3.8, 4) is 0 Å². The molecule has 0 amide bonds. The number of carbonyl (C=O) groups excluding carboxylic acids is 1. The molecule has 0 unspecified atom stereocenters. The SMILES string of the molecule is CCC=CSC(C)=O. The zero-order valence-electron chi connectivity index (χ0n) is 5.18. The maximum Gasteiger partial charge on any atom is 0.190 e. The topological polar surface area (TPSA) is 17.1 Å². The van der Waals surface area contributed by atoms with Gasteiger partial charge in [-0.3, -0.25) is 4.79 Å². The van der Waals surface area contributed by atoms with Crippen LogP contribution in [0.5, 0.6) is 0 Å². The van der Waals surface area contributed by atoms with E-state index in [4.69, 9.17) is 0 Å². The maximum absolute atomic E-state index is 10.2. The lowest BCUT2D eigenvalue weighted by atomic mass is 10.5. The summed E-state index contributed by atoms with van der Waals surface area (Å²) in [6.45, 7) is 3.60. The second-order valence-electron chi connectivity index (χ2n) is 1.39. The Morgan fingerprint density at radius 2 is 2.38 bits per heavy atom. The van der Waals surface area contributed by atoms with Crippen LogP contribution >= 0.6 is 11.8 Å². The Morgan fingerprint density at radius 3 is 2.75 bits per heavy atom. The number of hydrogen-bond donors (Lipinski definition) is 0. The molecule has 0 fully saturated rings. The van der Waals surface area contributed by atoms with Crippen molar-refractivity contribution < 1.29 is 4.79 Å². The molecule has 0 aromatic rings. The average Bonchev–Trinajstić information content (AvgIpc) is 1.66. The van der Waals surface area contributed by atoms with Gasteiger partial charge in [0, 0.05) is 6.92 Å². The van der Waals surface area contributed by atoms with Crippen molar-refractivity contribution in [2.75, 3.05) is 0 Å². The van der Waals surface area contributed by atoms with Crippen LogP contribution in [0.1, 0.15) is 20.3 Å². The molecule has 0 aromatic carbocycles. The summed E-state index contributed by atoms with van der Waals surface area (Å²) in [6, 6.07) is 0. The molecule has 0 radical (unpaired) electrons. The first kappa shape index (κ1) is 7.76. The van der Waals surface area contributed by atoms with Crippen molar-refractivity contribution in [2.45, 2.75) is 20.3 Å². The Labute approximate surface area is 54.2 Å². The van der Waals surface area contributed by atoms with E-state index in [-0.39, 0.29) is 5.12 Å². The molecule has 0 saturated heterocycles. The molecule has 0 aliphatic rings. The van der Waals surface area contributed by atoms with Crippen LogP contribution in [0.2, 0.25) is 0 Å². The van der Waals surface area contributed by atoms with E-state index < -0.39 is 0 Å². The molecular weight excluding hydrogens is 120 g/mol. The summed E-state index contributed by atoms with van der Waals surface area (Å²) >= 11 is 1.24. The fourth-order valence-electron chi connectivity index (χ4n) is 0.240. The highest BCUT2D eigenvalue weighted by Crippen LogP contribution is 2.02. The molecule has 0 saturated carbocycles. The van der Waals surface area contributed by atoms with Gasteiger partial charge in [-0.2, -0.15) is 0 Å². The van der Waals surface area contributed by atoms with Crippen LogP contribution in [-0.4, -0.2) is 5.12 Å². The third kappa shape index (κ3) is 5.76. The molecule has 8 heavy (non-hydrogen) atoms. The minimum Gasteiger partial charge on any atom is -0.287 e. The fourth-order valence-corrected chi connectivity index (χ4v) is 0.720. The Hall–Kier alpha value is -0.240. The van der Waals surface area contributed by atoms with E-state index in [0.29, 0.717) is 0 Å².